The molecule has 82 valence electrons. The van der Waals surface area contributed by atoms with E-state index < -0.39 is 5.97 Å². The maximum Gasteiger partial charge on any atom is 0.311 e. The van der Waals surface area contributed by atoms with Gasteiger partial charge in [0, 0.05) is 24.4 Å². The van der Waals surface area contributed by atoms with E-state index in [4.69, 9.17) is 9.84 Å². The number of hydrogen-bond donors (Lipinski definition) is 2. The molecule has 5 heteroatoms. The molecule has 0 bridgehead atoms. The maximum atomic E-state index is 10.5. The summed E-state index contributed by atoms with van der Waals surface area (Å²) in [6.45, 7) is 1.53. The lowest BCUT2D eigenvalue weighted by molar-refractivity contribution is -0.136. The van der Waals surface area contributed by atoms with Crippen molar-refractivity contribution in [1.82, 2.24) is 9.97 Å². The molecule has 1 fully saturated rings. The van der Waals surface area contributed by atoms with Crippen LogP contribution in [0.1, 0.15) is 30.3 Å². The largest absolute Gasteiger partial charge is 0.481 e. The number of hydrogen-bond acceptors (Lipinski definition) is 3. The molecule has 0 saturated carbocycles. The molecule has 1 aliphatic heterocycles. The molecular formula is C10H14N2O3. The van der Waals surface area contributed by atoms with Crippen molar-refractivity contribution < 1.29 is 14.6 Å². The molecular weight excluding hydrogens is 196 g/mol. The van der Waals surface area contributed by atoms with Crippen molar-refractivity contribution in [3.63, 3.8) is 0 Å². The summed E-state index contributed by atoms with van der Waals surface area (Å²) in [4.78, 5) is 17.6. The highest BCUT2D eigenvalue weighted by atomic mass is 16.5. The molecule has 0 aliphatic carbocycles. The number of nitrogens with zero attached hydrogens (tertiary/aromatic N) is 1. The molecule has 2 heterocycles. The number of H-pyrrole nitrogens is 1. The summed E-state index contributed by atoms with van der Waals surface area (Å²) < 4.78 is 5.36. The second-order valence-electron chi connectivity index (χ2n) is 3.77. The van der Waals surface area contributed by atoms with Crippen LogP contribution in [0.15, 0.2) is 6.20 Å². The van der Waals surface area contributed by atoms with Gasteiger partial charge < -0.3 is 14.8 Å². The summed E-state index contributed by atoms with van der Waals surface area (Å²) in [6.07, 6.45) is 3.80. The van der Waals surface area contributed by atoms with E-state index >= 15 is 0 Å². The minimum absolute atomic E-state index is 0.0480. The highest BCUT2D eigenvalue weighted by Gasteiger charge is 2.18. The van der Waals surface area contributed by atoms with Crippen molar-refractivity contribution in [3.05, 3.63) is 17.7 Å². The molecule has 15 heavy (non-hydrogen) atoms. The Bertz CT molecular complexity index is 342. The van der Waals surface area contributed by atoms with Crippen molar-refractivity contribution in [2.75, 3.05) is 13.2 Å². The van der Waals surface area contributed by atoms with Gasteiger partial charge in [0.15, 0.2) is 0 Å². The van der Waals surface area contributed by atoms with Crippen LogP contribution in [0.2, 0.25) is 0 Å². The van der Waals surface area contributed by atoms with Crippen LogP contribution in [-0.4, -0.2) is 34.3 Å². The second-order valence-corrected chi connectivity index (χ2v) is 3.77. The van der Waals surface area contributed by atoms with Crippen molar-refractivity contribution in [2.24, 2.45) is 0 Å². The van der Waals surface area contributed by atoms with Crippen molar-refractivity contribution in [3.8, 4) is 0 Å². The molecule has 1 aromatic rings. The second kappa shape index (κ2) is 4.44. The standard InChI is InChI=1S/C10H14N2O3/c13-10(14)4-9-11-5-8(12-9)7-2-1-3-15-6-7/h5,7H,1-4,6H2,(H,11,12)(H,13,14). The fourth-order valence-electron chi connectivity index (χ4n) is 1.81. The van der Waals surface area contributed by atoms with Gasteiger partial charge in [-0.3, -0.25) is 4.79 Å². The molecule has 0 amide bonds. The molecule has 1 aromatic heterocycles. The number of rotatable bonds is 3. The average molecular weight is 210 g/mol. The summed E-state index contributed by atoms with van der Waals surface area (Å²) in [6, 6.07) is 0. The van der Waals surface area contributed by atoms with Crippen LogP contribution in [0.3, 0.4) is 0 Å². The van der Waals surface area contributed by atoms with E-state index in [0.717, 1.165) is 25.1 Å². The lowest BCUT2D eigenvalue weighted by Gasteiger charge is -2.20. The van der Waals surface area contributed by atoms with E-state index in [9.17, 15) is 4.79 Å². The lowest BCUT2D eigenvalue weighted by Crippen LogP contribution is -2.15. The monoisotopic (exact) mass is 210 g/mol. The SMILES string of the molecule is O=C(O)Cc1ncc(C2CCCOC2)[nH]1. The highest BCUT2D eigenvalue weighted by molar-refractivity contribution is 5.68. The number of aliphatic carboxylic acids is 1. The fraction of sp³-hybridized carbons (Fsp3) is 0.600. The Balaban J connectivity index is 2.02. The molecule has 1 atom stereocenters. The fourth-order valence-corrected chi connectivity index (χ4v) is 1.81. The smallest absolute Gasteiger partial charge is 0.311 e. The molecule has 1 aliphatic rings. The van der Waals surface area contributed by atoms with Crippen LogP contribution in [0, 0.1) is 0 Å². The van der Waals surface area contributed by atoms with Gasteiger partial charge >= 0.3 is 5.97 Å². The topological polar surface area (TPSA) is 75.2 Å². The normalized spacial score (nSPS) is 21.5. The molecule has 0 aromatic carbocycles. The van der Waals surface area contributed by atoms with Crippen LogP contribution in [-0.2, 0) is 16.0 Å². The molecule has 5 nitrogen and oxygen atoms in total. The van der Waals surface area contributed by atoms with Gasteiger partial charge in [-0.05, 0) is 12.8 Å². The molecule has 0 spiro atoms. The summed E-state index contributed by atoms with van der Waals surface area (Å²) in [5, 5.41) is 8.60. The predicted molar refractivity (Wildman–Crippen MR) is 52.7 cm³/mol. The Hall–Kier alpha value is -1.36. The van der Waals surface area contributed by atoms with Crippen LogP contribution in [0.5, 0.6) is 0 Å². The third-order valence-electron chi connectivity index (χ3n) is 2.57. The van der Waals surface area contributed by atoms with E-state index in [1.165, 1.54) is 0 Å². The van der Waals surface area contributed by atoms with Crippen LogP contribution in [0.4, 0.5) is 0 Å². The number of aromatic amines is 1. The van der Waals surface area contributed by atoms with Gasteiger partial charge in [0.2, 0.25) is 0 Å². The van der Waals surface area contributed by atoms with Crippen LogP contribution < -0.4 is 0 Å². The quantitative estimate of drug-likeness (QED) is 0.778. The number of ether oxygens (including phenoxy) is 1. The van der Waals surface area contributed by atoms with Crippen molar-refractivity contribution in [2.45, 2.75) is 25.2 Å². The Morgan fingerprint density at radius 1 is 1.73 bits per heavy atom. The van der Waals surface area contributed by atoms with E-state index in [1.807, 2.05) is 0 Å². The third kappa shape index (κ3) is 2.56. The van der Waals surface area contributed by atoms with Crippen LogP contribution in [0.25, 0.3) is 0 Å². The van der Waals surface area contributed by atoms with Gasteiger partial charge in [-0.2, -0.15) is 0 Å². The molecule has 1 unspecified atom stereocenters. The van der Waals surface area contributed by atoms with E-state index in [2.05, 4.69) is 9.97 Å². The van der Waals surface area contributed by atoms with Crippen molar-refractivity contribution in [1.29, 1.82) is 0 Å². The molecule has 2 rings (SSSR count). The Labute approximate surface area is 87.5 Å². The Morgan fingerprint density at radius 2 is 2.60 bits per heavy atom. The summed E-state index contributed by atoms with van der Waals surface area (Å²) in [5.41, 5.74) is 0.992. The van der Waals surface area contributed by atoms with E-state index in [-0.39, 0.29) is 6.42 Å². The van der Waals surface area contributed by atoms with Crippen molar-refractivity contribution >= 4 is 5.97 Å². The number of carboxylic acid groups (broad SMARTS) is 1. The maximum absolute atomic E-state index is 10.5. The number of carboxylic acids is 1. The zero-order valence-electron chi connectivity index (χ0n) is 8.40. The summed E-state index contributed by atoms with van der Waals surface area (Å²) in [5.74, 6) is -0.00679. The van der Waals surface area contributed by atoms with Crippen LogP contribution >= 0.6 is 0 Å². The number of nitrogens with one attached hydrogen (secondary N) is 1. The summed E-state index contributed by atoms with van der Waals surface area (Å²) in [7, 11) is 0. The minimum atomic E-state index is -0.865. The third-order valence-corrected chi connectivity index (χ3v) is 2.57. The first-order valence-electron chi connectivity index (χ1n) is 5.09. The number of imidazole rings is 1. The molecule has 2 N–H and O–H groups in total. The van der Waals surface area contributed by atoms with E-state index in [0.29, 0.717) is 18.3 Å². The first kappa shape index (κ1) is 10.2. The minimum Gasteiger partial charge on any atom is -0.481 e. The molecule has 1 saturated heterocycles. The highest BCUT2D eigenvalue weighted by Crippen LogP contribution is 2.23. The van der Waals surface area contributed by atoms with Gasteiger partial charge in [-0.25, -0.2) is 4.98 Å². The van der Waals surface area contributed by atoms with Gasteiger partial charge in [-0.15, -0.1) is 0 Å². The zero-order valence-corrected chi connectivity index (χ0v) is 8.40. The number of aromatic nitrogens is 2. The first-order valence-corrected chi connectivity index (χ1v) is 5.09. The molecule has 0 radical (unpaired) electrons. The van der Waals surface area contributed by atoms with Gasteiger partial charge in [0.25, 0.3) is 0 Å². The number of carbonyl (C=O) groups is 1. The van der Waals surface area contributed by atoms with Gasteiger partial charge in [0.1, 0.15) is 12.2 Å². The van der Waals surface area contributed by atoms with Gasteiger partial charge in [-0.1, -0.05) is 0 Å². The first-order chi connectivity index (χ1) is 7.25. The Kier molecular flexibility index (Phi) is 3.01. The Morgan fingerprint density at radius 3 is 3.27 bits per heavy atom. The predicted octanol–water partition coefficient (Wildman–Crippen LogP) is 0.931. The zero-order chi connectivity index (χ0) is 10.7. The lowest BCUT2D eigenvalue weighted by atomic mass is 9.99. The average Bonchev–Trinajstić information content (AvgIpc) is 2.67. The van der Waals surface area contributed by atoms with E-state index in [1.54, 1.807) is 6.20 Å². The van der Waals surface area contributed by atoms with Gasteiger partial charge in [0.05, 0.1) is 6.61 Å². The summed E-state index contributed by atoms with van der Waals surface area (Å²) >= 11 is 0.